The van der Waals surface area contributed by atoms with Crippen molar-refractivity contribution >= 4 is 36.4 Å². The molecule has 1 rings (SSSR count). The normalized spacial score (nSPS) is 9.44. The minimum atomic E-state index is -1.29. The molecule has 0 fully saturated rings. The van der Waals surface area contributed by atoms with Crippen molar-refractivity contribution in [2.75, 3.05) is 13.9 Å². The summed E-state index contributed by atoms with van der Waals surface area (Å²) in [5, 5.41) is 8.55. The van der Waals surface area contributed by atoms with Crippen LogP contribution in [0.5, 0.6) is 5.75 Å². The van der Waals surface area contributed by atoms with Crippen LogP contribution in [0.2, 0.25) is 5.02 Å². The number of carboxylic acids is 1. The molecule has 0 atom stereocenters. The van der Waals surface area contributed by atoms with Crippen molar-refractivity contribution in [3.63, 3.8) is 0 Å². The summed E-state index contributed by atoms with van der Waals surface area (Å²) in [6.07, 6.45) is 0. The van der Waals surface area contributed by atoms with Gasteiger partial charge in [0.05, 0.1) is 5.02 Å². The molecule has 0 unspecified atom stereocenters. The summed E-state index contributed by atoms with van der Waals surface area (Å²) >= 11 is 5.48. The summed E-state index contributed by atoms with van der Waals surface area (Å²) in [6, 6.07) is 1.90. The molecule has 0 spiro atoms. The van der Waals surface area contributed by atoms with E-state index in [1.165, 1.54) is 7.11 Å². The van der Waals surface area contributed by atoms with Gasteiger partial charge in [-0.25, -0.2) is 9.18 Å². The monoisotopic (exact) mass is 242 g/mol. The van der Waals surface area contributed by atoms with Gasteiger partial charge < -0.3 is 14.6 Å². The van der Waals surface area contributed by atoms with Crippen molar-refractivity contribution in [1.82, 2.24) is 0 Å². The van der Waals surface area contributed by atoms with Gasteiger partial charge in [-0.05, 0) is 6.07 Å². The van der Waals surface area contributed by atoms with Gasteiger partial charge in [0.15, 0.2) is 6.79 Å². The summed E-state index contributed by atoms with van der Waals surface area (Å²) in [4.78, 5) is 10.7. The van der Waals surface area contributed by atoms with E-state index >= 15 is 0 Å². The van der Waals surface area contributed by atoms with Gasteiger partial charge in [-0.3, -0.25) is 0 Å². The average molecular weight is 243 g/mol. The molecule has 0 aliphatic heterocycles. The number of ether oxygens (including phenoxy) is 2. The molecule has 1 aromatic rings. The van der Waals surface area contributed by atoms with Gasteiger partial charge in [-0.1, -0.05) is 11.6 Å². The van der Waals surface area contributed by atoms with Gasteiger partial charge in [-0.2, -0.15) is 0 Å². The standard InChI is InChI=1S/C9H8ClFO4.Li.H/c1-14-4-15-8-3-6(10)7(11)2-5(8)9(12)13;;/h2-3H,4H2,1H3,(H,12,13);;. The fourth-order valence-corrected chi connectivity index (χ4v) is 1.09. The number of benzene rings is 1. The molecule has 0 radical (unpaired) electrons. The van der Waals surface area contributed by atoms with Crippen LogP contribution >= 0.6 is 11.6 Å². The zero-order valence-corrected chi connectivity index (χ0v) is 8.55. The van der Waals surface area contributed by atoms with E-state index in [-0.39, 0.29) is 42.0 Å². The zero-order chi connectivity index (χ0) is 11.4. The van der Waals surface area contributed by atoms with E-state index in [9.17, 15) is 9.18 Å². The summed E-state index contributed by atoms with van der Waals surface area (Å²) in [5.41, 5.74) is -0.297. The number of hydrogen-bond acceptors (Lipinski definition) is 3. The van der Waals surface area contributed by atoms with E-state index in [0.717, 1.165) is 12.1 Å². The van der Waals surface area contributed by atoms with Gasteiger partial charge in [0.25, 0.3) is 0 Å². The van der Waals surface area contributed by atoms with Gasteiger partial charge in [-0.15, -0.1) is 0 Å². The molecule has 16 heavy (non-hydrogen) atoms. The SMILES string of the molecule is COCOc1cc(Cl)c(F)cc1C(=O)O.[LiH]. The Morgan fingerprint density at radius 2 is 2.19 bits per heavy atom. The third-order valence-electron chi connectivity index (χ3n) is 1.59. The maximum absolute atomic E-state index is 13.0. The van der Waals surface area contributed by atoms with E-state index in [1.807, 2.05) is 0 Å². The minimum absolute atomic E-state index is 0. The number of methoxy groups -OCH3 is 1. The number of halogens is 2. The number of hydrogen-bond donors (Lipinski definition) is 1. The zero-order valence-electron chi connectivity index (χ0n) is 7.79. The molecule has 1 aromatic carbocycles. The van der Waals surface area contributed by atoms with Crippen LogP contribution in [0.3, 0.4) is 0 Å². The molecule has 1 N–H and O–H groups in total. The molecule has 0 saturated carbocycles. The number of aromatic carboxylic acids is 1. The second-order valence-electron chi connectivity index (χ2n) is 2.62. The summed E-state index contributed by atoms with van der Waals surface area (Å²) < 4.78 is 22.5. The van der Waals surface area contributed by atoms with Crippen LogP contribution in [0.15, 0.2) is 12.1 Å². The summed E-state index contributed by atoms with van der Waals surface area (Å²) in [7, 11) is 1.38. The van der Waals surface area contributed by atoms with Crippen LogP contribution in [0.1, 0.15) is 10.4 Å². The predicted molar refractivity (Wildman–Crippen MR) is 58.0 cm³/mol. The van der Waals surface area contributed by atoms with E-state index < -0.39 is 11.8 Å². The quantitative estimate of drug-likeness (QED) is 0.642. The van der Waals surface area contributed by atoms with Crippen LogP contribution in [0.4, 0.5) is 4.39 Å². The third-order valence-corrected chi connectivity index (χ3v) is 1.87. The van der Waals surface area contributed by atoms with Crippen molar-refractivity contribution in [3.05, 3.63) is 28.5 Å². The Morgan fingerprint density at radius 3 is 2.69 bits per heavy atom. The number of carboxylic acid groups (broad SMARTS) is 1. The van der Waals surface area contributed by atoms with Crippen LogP contribution < -0.4 is 4.74 Å². The second kappa shape index (κ2) is 6.77. The molecular formula is C9H9ClFLiO4. The Morgan fingerprint density at radius 1 is 1.56 bits per heavy atom. The molecule has 0 amide bonds. The molecule has 0 saturated heterocycles. The maximum atomic E-state index is 13.0. The summed E-state index contributed by atoms with van der Waals surface area (Å²) in [6.45, 7) is -0.137. The molecule has 7 heteroatoms. The van der Waals surface area contributed by atoms with E-state index in [4.69, 9.17) is 21.4 Å². The molecule has 0 heterocycles. The fraction of sp³-hybridized carbons (Fsp3) is 0.222. The van der Waals surface area contributed by atoms with E-state index in [0.29, 0.717) is 0 Å². The Bertz CT molecular complexity index is 386. The molecule has 0 aliphatic rings. The first-order chi connectivity index (χ1) is 7.06. The van der Waals surface area contributed by atoms with E-state index in [1.54, 1.807) is 0 Å². The average Bonchev–Trinajstić information content (AvgIpc) is 2.19. The Kier molecular flexibility index (Phi) is 6.46. The van der Waals surface area contributed by atoms with Crippen molar-refractivity contribution < 1.29 is 23.8 Å². The first-order valence-corrected chi connectivity index (χ1v) is 4.28. The molecule has 4 nitrogen and oxygen atoms in total. The molecule has 0 bridgehead atoms. The topological polar surface area (TPSA) is 55.8 Å². The van der Waals surface area contributed by atoms with Gasteiger partial charge >= 0.3 is 24.8 Å². The number of carbonyl (C=O) groups is 1. The van der Waals surface area contributed by atoms with Crippen LogP contribution in [-0.2, 0) is 4.74 Å². The molecule has 84 valence electrons. The first-order valence-electron chi connectivity index (χ1n) is 3.90. The van der Waals surface area contributed by atoms with Gasteiger partial charge in [0, 0.05) is 13.2 Å². The number of rotatable bonds is 4. The van der Waals surface area contributed by atoms with Crippen LogP contribution in [0.25, 0.3) is 0 Å². The van der Waals surface area contributed by atoms with Crippen molar-refractivity contribution in [2.24, 2.45) is 0 Å². The Balaban J connectivity index is 0.00000225. The van der Waals surface area contributed by atoms with Crippen molar-refractivity contribution in [2.45, 2.75) is 0 Å². The van der Waals surface area contributed by atoms with Crippen LogP contribution in [0, 0.1) is 5.82 Å². The second-order valence-corrected chi connectivity index (χ2v) is 3.03. The van der Waals surface area contributed by atoms with E-state index in [2.05, 4.69) is 4.74 Å². The van der Waals surface area contributed by atoms with Crippen molar-refractivity contribution in [3.8, 4) is 5.75 Å². The third kappa shape index (κ3) is 3.69. The molecule has 0 aliphatic carbocycles. The molecule has 0 aromatic heterocycles. The Hall–Kier alpha value is -0.733. The van der Waals surface area contributed by atoms with Gasteiger partial charge in [0.1, 0.15) is 17.1 Å². The van der Waals surface area contributed by atoms with Crippen molar-refractivity contribution in [1.29, 1.82) is 0 Å². The first kappa shape index (κ1) is 15.3. The molecular weight excluding hydrogens is 233 g/mol. The predicted octanol–water partition coefficient (Wildman–Crippen LogP) is 1.51. The van der Waals surface area contributed by atoms with Gasteiger partial charge in [0.2, 0.25) is 0 Å². The summed E-state index contributed by atoms with van der Waals surface area (Å²) in [5.74, 6) is -2.13. The Labute approximate surface area is 108 Å². The van der Waals surface area contributed by atoms with Crippen LogP contribution in [-0.4, -0.2) is 43.8 Å². The fourth-order valence-electron chi connectivity index (χ4n) is 0.938.